The quantitative estimate of drug-likeness (QED) is 0.856. The second kappa shape index (κ2) is 6.05. The highest BCUT2D eigenvalue weighted by Crippen LogP contribution is 2.23. The van der Waals surface area contributed by atoms with E-state index in [1.165, 1.54) is 38.8 Å². The first kappa shape index (κ1) is 15.0. The van der Waals surface area contributed by atoms with Gasteiger partial charge in [-0.25, -0.2) is 0 Å². The van der Waals surface area contributed by atoms with Gasteiger partial charge in [0.1, 0.15) is 0 Å². The minimum Gasteiger partial charge on any atom is -0.339 e. The van der Waals surface area contributed by atoms with Gasteiger partial charge < -0.3 is 4.52 Å². The summed E-state index contributed by atoms with van der Waals surface area (Å²) < 4.78 is 5.40. The fourth-order valence-electron chi connectivity index (χ4n) is 3.40. The van der Waals surface area contributed by atoms with Crippen molar-refractivity contribution in [2.45, 2.75) is 64.5 Å². The van der Waals surface area contributed by atoms with E-state index >= 15 is 0 Å². The van der Waals surface area contributed by atoms with E-state index in [2.05, 4.69) is 40.7 Å². The normalized spacial score (nSPS) is 25.6. The van der Waals surface area contributed by atoms with Crippen LogP contribution in [0.15, 0.2) is 4.52 Å². The molecule has 5 nitrogen and oxygen atoms in total. The summed E-state index contributed by atoms with van der Waals surface area (Å²) in [6, 6.07) is 0.732. The molecule has 1 aromatic heterocycles. The maximum Gasteiger partial charge on any atom is 0.232 e. The average Bonchev–Trinajstić information content (AvgIpc) is 3.09. The van der Waals surface area contributed by atoms with Crippen molar-refractivity contribution >= 4 is 0 Å². The summed E-state index contributed by atoms with van der Waals surface area (Å²) in [5.41, 5.74) is -0.0643. The molecule has 2 aliphatic heterocycles. The number of likely N-dealkylation sites (tertiary alicyclic amines) is 2. The van der Waals surface area contributed by atoms with Gasteiger partial charge in [-0.05, 0) is 45.3 Å². The maximum absolute atomic E-state index is 5.40. The first-order valence-electron chi connectivity index (χ1n) is 8.32. The molecule has 2 fully saturated rings. The predicted molar refractivity (Wildman–Crippen MR) is 82.1 cm³/mol. The van der Waals surface area contributed by atoms with Crippen LogP contribution in [0, 0.1) is 0 Å². The number of aromatic nitrogens is 2. The van der Waals surface area contributed by atoms with E-state index in [-0.39, 0.29) is 5.41 Å². The van der Waals surface area contributed by atoms with Crippen LogP contribution in [0.3, 0.4) is 0 Å². The van der Waals surface area contributed by atoms with Crippen LogP contribution in [0.25, 0.3) is 0 Å². The number of nitrogens with zero attached hydrogens (tertiary/aromatic N) is 4. The maximum atomic E-state index is 5.40. The Balaban J connectivity index is 1.58. The summed E-state index contributed by atoms with van der Waals surface area (Å²) >= 11 is 0. The lowest BCUT2D eigenvalue weighted by Gasteiger charge is -2.37. The molecule has 1 atom stereocenters. The summed E-state index contributed by atoms with van der Waals surface area (Å²) in [5, 5.41) is 4.16. The van der Waals surface area contributed by atoms with Gasteiger partial charge in [-0.1, -0.05) is 25.9 Å². The van der Waals surface area contributed by atoms with Crippen LogP contribution in [0.4, 0.5) is 0 Å². The molecule has 0 amide bonds. The smallest absolute Gasteiger partial charge is 0.232 e. The van der Waals surface area contributed by atoms with Gasteiger partial charge in [0.25, 0.3) is 0 Å². The van der Waals surface area contributed by atoms with Crippen LogP contribution >= 0.6 is 0 Å². The molecule has 0 spiro atoms. The van der Waals surface area contributed by atoms with E-state index in [1.807, 2.05) is 0 Å². The fourth-order valence-corrected chi connectivity index (χ4v) is 3.40. The minimum atomic E-state index is -0.0643. The lowest BCUT2D eigenvalue weighted by atomic mass is 9.97. The topological polar surface area (TPSA) is 45.4 Å². The Labute approximate surface area is 127 Å². The molecule has 21 heavy (non-hydrogen) atoms. The molecule has 1 aromatic rings. The van der Waals surface area contributed by atoms with Crippen molar-refractivity contribution < 1.29 is 4.52 Å². The zero-order valence-electron chi connectivity index (χ0n) is 13.6. The average molecular weight is 292 g/mol. The Hall–Kier alpha value is -0.940. The number of hydrogen-bond donors (Lipinski definition) is 0. The molecule has 2 aliphatic rings. The second-order valence-corrected chi connectivity index (χ2v) is 7.54. The first-order chi connectivity index (χ1) is 10.0. The van der Waals surface area contributed by atoms with Gasteiger partial charge in [-0.2, -0.15) is 4.98 Å². The Bertz CT molecular complexity index is 459. The molecule has 0 saturated carbocycles. The summed E-state index contributed by atoms with van der Waals surface area (Å²) in [6.45, 7) is 12.0. The van der Waals surface area contributed by atoms with Crippen LogP contribution < -0.4 is 0 Å². The Morgan fingerprint density at radius 1 is 1.14 bits per heavy atom. The molecule has 0 aliphatic carbocycles. The van der Waals surface area contributed by atoms with E-state index in [0.29, 0.717) is 0 Å². The molecule has 3 rings (SSSR count). The molecule has 0 aromatic carbocycles. The van der Waals surface area contributed by atoms with Crippen molar-refractivity contribution in [3.05, 3.63) is 11.7 Å². The number of hydrogen-bond acceptors (Lipinski definition) is 5. The monoisotopic (exact) mass is 292 g/mol. The van der Waals surface area contributed by atoms with Crippen LogP contribution in [0.2, 0.25) is 0 Å². The van der Waals surface area contributed by atoms with Gasteiger partial charge >= 0.3 is 0 Å². The largest absolute Gasteiger partial charge is 0.339 e. The molecule has 118 valence electrons. The van der Waals surface area contributed by atoms with E-state index < -0.39 is 0 Å². The first-order valence-corrected chi connectivity index (χ1v) is 8.32. The van der Waals surface area contributed by atoms with Crippen molar-refractivity contribution in [2.75, 3.05) is 26.2 Å². The van der Waals surface area contributed by atoms with Crippen molar-refractivity contribution in [3.63, 3.8) is 0 Å². The van der Waals surface area contributed by atoms with Crippen LogP contribution in [0.5, 0.6) is 0 Å². The Morgan fingerprint density at radius 3 is 2.57 bits per heavy atom. The third kappa shape index (κ3) is 3.64. The lowest BCUT2D eigenvalue weighted by Crippen LogP contribution is -2.46. The van der Waals surface area contributed by atoms with E-state index in [4.69, 9.17) is 4.52 Å². The zero-order valence-corrected chi connectivity index (χ0v) is 13.6. The van der Waals surface area contributed by atoms with Crippen molar-refractivity contribution in [1.29, 1.82) is 0 Å². The Morgan fingerprint density at radius 2 is 1.90 bits per heavy atom. The van der Waals surface area contributed by atoms with Gasteiger partial charge in [0.2, 0.25) is 5.89 Å². The highest BCUT2D eigenvalue weighted by atomic mass is 16.5. The van der Waals surface area contributed by atoms with E-state index in [9.17, 15) is 0 Å². The van der Waals surface area contributed by atoms with Gasteiger partial charge in [0.15, 0.2) is 5.82 Å². The highest BCUT2D eigenvalue weighted by Gasteiger charge is 2.28. The summed E-state index contributed by atoms with van der Waals surface area (Å²) in [5.74, 6) is 1.58. The standard InChI is InChI=1S/C16H28N4O/c1-16(2,3)15-17-14(18-21-15)12-19-8-6-7-13(11-19)20-9-4-5-10-20/h13H,4-12H2,1-3H3/t13-/m1/s1. The molecule has 0 unspecified atom stereocenters. The predicted octanol–water partition coefficient (Wildman–Crippen LogP) is 2.43. The van der Waals surface area contributed by atoms with Crippen molar-refractivity contribution in [2.24, 2.45) is 0 Å². The second-order valence-electron chi connectivity index (χ2n) is 7.54. The SMILES string of the molecule is CC(C)(C)c1nc(CN2CCC[C@@H](N3CCCC3)C2)no1. The van der Waals surface area contributed by atoms with Gasteiger partial charge in [-0.15, -0.1) is 0 Å². The minimum absolute atomic E-state index is 0.0643. The van der Waals surface area contributed by atoms with Crippen LogP contribution in [-0.2, 0) is 12.0 Å². The summed E-state index contributed by atoms with van der Waals surface area (Å²) in [7, 11) is 0. The van der Waals surface area contributed by atoms with E-state index in [1.54, 1.807) is 0 Å². The molecule has 0 radical (unpaired) electrons. The van der Waals surface area contributed by atoms with Gasteiger partial charge in [-0.3, -0.25) is 9.80 Å². The molecule has 5 heteroatoms. The summed E-state index contributed by atoms with van der Waals surface area (Å²) in [6.07, 6.45) is 5.37. The molecule has 3 heterocycles. The van der Waals surface area contributed by atoms with E-state index in [0.717, 1.165) is 37.4 Å². The van der Waals surface area contributed by atoms with Crippen molar-refractivity contribution in [1.82, 2.24) is 19.9 Å². The molecule has 0 bridgehead atoms. The summed E-state index contributed by atoms with van der Waals surface area (Å²) in [4.78, 5) is 9.72. The fraction of sp³-hybridized carbons (Fsp3) is 0.875. The third-order valence-electron chi connectivity index (χ3n) is 4.61. The number of rotatable bonds is 3. The molecule has 0 N–H and O–H groups in total. The molecule has 2 saturated heterocycles. The molecular formula is C16H28N4O. The van der Waals surface area contributed by atoms with Gasteiger partial charge in [0, 0.05) is 18.0 Å². The third-order valence-corrected chi connectivity index (χ3v) is 4.61. The van der Waals surface area contributed by atoms with Crippen molar-refractivity contribution in [3.8, 4) is 0 Å². The van der Waals surface area contributed by atoms with Crippen LogP contribution in [0.1, 0.15) is 58.2 Å². The van der Waals surface area contributed by atoms with Crippen LogP contribution in [-0.4, -0.2) is 52.2 Å². The number of piperidine rings is 1. The lowest BCUT2D eigenvalue weighted by molar-refractivity contribution is 0.108. The van der Waals surface area contributed by atoms with Gasteiger partial charge in [0.05, 0.1) is 6.54 Å². The molecular weight excluding hydrogens is 264 g/mol. The zero-order chi connectivity index (χ0) is 14.9. The Kier molecular flexibility index (Phi) is 4.31. The highest BCUT2D eigenvalue weighted by molar-refractivity contribution is 4.98.